The molecule has 4 rings (SSSR count). The zero-order valence-electron chi connectivity index (χ0n) is 16.3. The highest BCUT2D eigenvalue weighted by atomic mass is 32.1. The summed E-state index contributed by atoms with van der Waals surface area (Å²) in [5, 5.41) is 5.12. The van der Waals surface area contributed by atoms with E-state index in [4.69, 9.17) is 18.0 Å². The van der Waals surface area contributed by atoms with Crippen LogP contribution in [0, 0.1) is 5.82 Å². The largest absolute Gasteiger partial charge is 0.399 e. The van der Waals surface area contributed by atoms with Crippen molar-refractivity contribution in [3.8, 4) is 0 Å². The first-order valence-electron chi connectivity index (χ1n) is 9.61. The van der Waals surface area contributed by atoms with Crippen LogP contribution < -0.4 is 21.0 Å². The van der Waals surface area contributed by atoms with Crippen molar-refractivity contribution >= 4 is 40.1 Å². The second-order valence-electron chi connectivity index (χ2n) is 7.20. The molecular formula is C20H24FN7S. The number of nitrogens with one attached hydrogen (secondary N) is 1. The topological polar surface area (TPSA) is 73.0 Å². The molecule has 3 N–H and O–H groups in total. The van der Waals surface area contributed by atoms with Gasteiger partial charge in [-0.25, -0.2) is 4.39 Å². The number of halogens is 1. The van der Waals surface area contributed by atoms with Crippen LogP contribution in [-0.2, 0) is 0 Å². The van der Waals surface area contributed by atoms with E-state index in [9.17, 15) is 4.39 Å². The fourth-order valence-corrected chi connectivity index (χ4v) is 3.89. The quantitative estimate of drug-likeness (QED) is 0.443. The summed E-state index contributed by atoms with van der Waals surface area (Å²) in [6.45, 7) is 3.62. The lowest BCUT2D eigenvalue weighted by Gasteiger charge is -2.37. The summed E-state index contributed by atoms with van der Waals surface area (Å²) in [7, 11) is 2.05. The number of anilines is 3. The van der Waals surface area contributed by atoms with Gasteiger partial charge in [0.15, 0.2) is 5.11 Å². The Morgan fingerprint density at radius 1 is 1.17 bits per heavy atom. The lowest BCUT2D eigenvalue weighted by molar-refractivity contribution is 0.379. The average Bonchev–Trinajstić information content (AvgIpc) is 2.73. The molecule has 2 aliphatic rings. The van der Waals surface area contributed by atoms with Crippen molar-refractivity contribution in [3.05, 3.63) is 48.0 Å². The summed E-state index contributed by atoms with van der Waals surface area (Å²) in [5.41, 5.74) is 12.5. The van der Waals surface area contributed by atoms with Crippen molar-refractivity contribution in [2.45, 2.75) is 6.42 Å². The fourth-order valence-electron chi connectivity index (χ4n) is 3.66. The molecule has 7 nitrogen and oxygen atoms in total. The van der Waals surface area contributed by atoms with Gasteiger partial charge in [-0.1, -0.05) is 0 Å². The summed E-state index contributed by atoms with van der Waals surface area (Å²) >= 11 is 5.53. The molecule has 0 saturated carbocycles. The zero-order chi connectivity index (χ0) is 20.4. The van der Waals surface area contributed by atoms with Crippen molar-refractivity contribution in [1.29, 1.82) is 0 Å². The van der Waals surface area contributed by atoms with E-state index in [1.807, 2.05) is 17.0 Å². The molecule has 1 fully saturated rings. The van der Waals surface area contributed by atoms with E-state index >= 15 is 0 Å². The van der Waals surface area contributed by atoms with E-state index in [0.717, 1.165) is 30.1 Å². The molecule has 0 unspecified atom stereocenters. The summed E-state index contributed by atoms with van der Waals surface area (Å²) < 4.78 is 14.2. The molecule has 0 bridgehead atoms. The Morgan fingerprint density at radius 3 is 2.72 bits per heavy atom. The zero-order valence-corrected chi connectivity index (χ0v) is 17.1. The molecule has 0 spiro atoms. The second-order valence-corrected chi connectivity index (χ2v) is 7.59. The molecule has 9 heteroatoms. The van der Waals surface area contributed by atoms with Crippen molar-refractivity contribution < 1.29 is 4.39 Å². The van der Waals surface area contributed by atoms with Crippen LogP contribution in [0.1, 0.15) is 12.1 Å². The highest BCUT2D eigenvalue weighted by Gasteiger charge is 2.23. The maximum Gasteiger partial charge on any atom is 0.189 e. The van der Waals surface area contributed by atoms with Crippen LogP contribution in [0.4, 0.5) is 21.5 Å². The van der Waals surface area contributed by atoms with Crippen LogP contribution in [0.5, 0.6) is 0 Å². The molecule has 0 atom stereocenters. The lowest BCUT2D eigenvalue weighted by Crippen LogP contribution is -2.51. The van der Waals surface area contributed by atoms with Crippen molar-refractivity contribution in [2.75, 3.05) is 55.3 Å². The van der Waals surface area contributed by atoms with Gasteiger partial charge in [-0.3, -0.25) is 10.4 Å². The Kier molecular flexibility index (Phi) is 5.48. The number of nitrogens with zero attached hydrogens (tertiary/aromatic N) is 5. The molecular weight excluding hydrogens is 389 g/mol. The van der Waals surface area contributed by atoms with Gasteiger partial charge >= 0.3 is 0 Å². The molecule has 3 heterocycles. The average molecular weight is 414 g/mol. The standard InChI is InChI=1S/C20H24FN7S/c1-26-8-6-16(19-18(26)3-2-7-23-19)24-25-20(29)28-11-9-27(10-12-28)17-5-4-14(22)13-15(17)21/h2-5,7,13H,6,8-12,22H2,1H3,(H,25,29)/b24-16-. The van der Waals surface area contributed by atoms with Crippen LogP contribution >= 0.6 is 12.2 Å². The van der Waals surface area contributed by atoms with Gasteiger partial charge in [0.2, 0.25) is 0 Å². The van der Waals surface area contributed by atoms with Crippen molar-refractivity contribution in [2.24, 2.45) is 5.10 Å². The van der Waals surface area contributed by atoms with E-state index in [-0.39, 0.29) is 5.82 Å². The number of nitrogens with two attached hydrogens (primary N) is 1. The van der Waals surface area contributed by atoms with Gasteiger partial charge in [0.25, 0.3) is 0 Å². The molecule has 2 aliphatic heterocycles. The first kappa shape index (κ1) is 19.4. The first-order chi connectivity index (χ1) is 14.0. The number of hydrazone groups is 1. The summed E-state index contributed by atoms with van der Waals surface area (Å²) in [4.78, 5) is 10.7. The predicted molar refractivity (Wildman–Crippen MR) is 119 cm³/mol. The van der Waals surface area contributed by atoms with E-state index in [1.54, 1.807) is 18.3 Å². The number of piperazine rings is 1. The molecule has 0 amide bonds. The minimum Gasteiger partial charge on any atom is -0.399 e. The summed E-state index contributed by atoms with van der Waals surface area (Å²) in [5.74, 6) is -0.293. The van der Waals surface area contributed by atoms with Crippen LogP contribution in [-0.4, -0.2) is 60.5 Å². The van der Waals surface area contributed by atoms with E-state index in [2.05, 4.69) is 32.4 Å². The monoisotopic (exact) mass is 413 g/mol. The van der Waals surface area contributed by atoms with Gasteiger partial charge in [-0.2, -0.15) is 5.10 Å². The minimum atomic E-state index is -0.293. The Bertz CT molecular complexity index is 940. The number of rotatable bonds is 2. The second kappa shape index (κ2) is 8.20. The third-order valence-corrected chi connectivity index (χ3v) is 5.67. The number of hydrogen-bond acceptors (Lipinski definition) is 6. The number of aromatic nitrogens is 1. The van der Waals surface area contributed by atoms with Crippen LogP contribution in [0.15, 0.2) is 41.6 Å². The van der Waals surface area contributed by atoms with Crippen molar-refractivity contribution in [1.82, 2.24) is 15.3 Å². The van der Waals surface area contributed by atoms with Gasteiger partial charge in [-0.15, -0.1) is 0 Å². The molecule has 0 radical (unpaired) electrons. The third kappa shape index (κ3) is 4.09. The fraction of sp³-hybridized carbons (Fsp3) is 0.350. The Morgan fingerprint density at radius 2 is 1.97 bits per heavy atom. The maximum atomic E-state index is 14.2. The predicted octanol–water partition coefficient (Wildman–Crippen LogP) is 2.04. The molecule has 1 saturated heterocycles. The van der Waals surface area contributed by atoms with Crippen LogP contribution in [0.2, 0.25) is 0 Å². The van der Waals surface area contributed by atoms with E-state index < -0.39 is 0 Å². The number of thiocarbonyl (C=S) groups is 1. The highest BCUT2D eigenvalue weighted by molar-refractivity contribution is 7.80. The van der Waals surface area contributed by atoms with Crippen LogP contribution in [0.3, 0.4) is 0 Å². The summed E-state index contributed by atoms with van der Waals surface area (Å²) in [6, 6.07) is 8.79. The van der Waals surface area contributed by atoms with Gasteiger partial charge < -0.3 is 20.4 Å². The smallest absolute Gasteiger partial charge is 0.189 e. The summed E-state index contributed by atoms with van der Waals surface area (Å²) in [6.07, 6.45) is 2.59. The highest BCUT2D eigenvalue weighted by Crippen LogP contribution is 2.24. The molecule has 2 aromatic rings. The van der Waals surface area contributed by atoms with Gasteiger partial charge in [0.05, 0.1) is 17.1 Å². The number of benzene rings is 1. The Balaban J connectivity index is 1.37. The minimum absolute atomic E-state index is 0.293. The molecule has 1 aromatic heterocycles. The molecule has 152 valence electrons. The number of fused-ring (bicyclic) bond motifs is 1. The molecule has 1 aromatic carbocycles. The lowest BCUT2D eigenvalue weighted by atomic mass is 10.1. The Hall–Kier alpha value is -2.94. The molecule has 0 aliphatic carbocycles. The number of nitrogen functional groups attached to an aromatic ring is 1. The van der Waals surface area contributed by atoms with Gasteiger partial charge in [-0.05, 0) is 42.5 Å². The molecule has 29 heavy (non-hydrogen) atoms. The Labute approximate surface area is 175 Å². The number of pyridine rings is 1. The number of hydrogen-bond donors (Lipinski definition) is 2. The third-order valence-electron chi connectivity index (χ3n) is 5.32. The van der Waals surface area contributed by atoms with Crippen LogP contribution in [0.25, 0.3) is 0 Å². The normalized spacial score (nSPS) is 18.0. The van der Waals surface area contributed by atoms with Crippen molar-refractivity contribution in [3.63, 3.8) is 0 Å². The van der Waals surface area contributed by atoms with Gasteiger partial charge in [0, 0.05) is 58.1 Å². The first-order valence-corrected chi connectivity index (χ1v) is 10.0. The van der Waals surface area contributed by atoms with E-state index in [0.29, 0.717) is 42.7 Å². The SMILES string of the molecule is CN1CC/C(=N/NC(=S)N2CCN(c3ccc(N)cc3F)CC2)c2ncccc21. The van der Waals surface area contributed by atoms with Gasteiger partial charge in [0.1, 0.15) is 11.5 Å². The maximum absolute atomic E-state index is 14.2. The van der Waals surface area contributed by atoms with E-state index in [1.165, 1.54) is 6.07 Å².